The highest BCUT2D eigenvalue weighted by Gasteiger charge is 2.10. The molecular weight excluding hydrogens is 196 g/mol. The van der Waals surface area contributed by atoms with E-state index >= 15 is 0 Å². The highest BCUT2D eigenvalue weighted by molar-refractivity contribution is 7.91. The van der Waals surface area contributed by atoms with Crippen molar-refractivity contribution in [2.24, 2.45) is 0 Å². The van der Waals surface area contributed by atoms with Crippen LogP contribution in [0.25, 0.3) is 6.08 Å². The van der Waals surface area contributed by atoms with Gasteiger partial charge in [0.05, 0.1) is 10.6 Å². The van der Waals surface area contributed by atoms with Crippen LogP contribution in [0.4, 0.5) is 0 Å². The summed E-state index contributed by atoms with van der Waals surface area (Å²) in [5.74, 6) is -0.0273. The van der Waals surface area contributed by atoms with Gasteiger partial charge in [-0.3, -0.25) is 0 Å². The lowest BCUT2D eigenvalue weighted by Gasteiger charge is -2.01. The van der Waals surface area contributed by atoms with Crippen molar-refractivity contribution in [1.82, 2.24) is 0 Å². The van der Waals surface area contributed by atoms with Gasteiger partial charge in [0, 0.05) is 0 Å². The van der Waals surface area contributed by atoms with Gasteiger partial charge in [0.2, 0.25) is 0 Å². The summed E-state index contributed by atoms with van der Waals surface area (Å²) >= 11 is 0. The molecule has 0 amide bonds. The summed E-state index contributed by atoms with van der Waals surface area (Å²) in [5.41, 5.74) is 0.905. The maximum atomic E-state index is 11.5. The van der Waals surface area contributed by atoms with E-state index in [4.69, 9.17) is 0 Å². The van der Waals surface area contributed by atoms with Crippen LogP contribution >= 0.6 is 0 Å². The van der Waals surface area contributed by atoms with Gasteiger partial charge in [-0.05, 0) is 17.7 Å². The lowest BCUT2D eigenvalue weighted by Crippen LogP contribution is -2.03. The zero-order valence-corrected chi connectivity index (χ0v) is 8.63. The largest absolute Gasteiger partial charge is 0.223 e. The van der Waals surface area contributed by atoms with Crippen LogP contribution in [0.5, 0.6) is 0 Å². The van der Waals surface area contributed by atoms with Gasteiger partial charge in [-0.2, -0.15) is 0 Å². The standard InChI is InChI=1S/C11H12O2S/c1-3-9-14(12,13)11-7-5-10(4-2)6-8-11/h3-8H,1-2,9H2. The third-order valence-corrected chi connectivity index (χ3v) is 3.48. The molecule has 0 aliphatic heterocycles. The van der Waals surface area contributed by atoms with E-state index in [0.717, 1.165) is 5.56 Å². The quantitative estimate of drug-likeness (QED) is 0.711. The Balaban J connectivity index is 3.09. The van der Waals surface area contributed by atoms with Crippen molar-refractivity contribution in [3.05, 3.63) is 49.1 Å². The molecule has 0 aromatic heterocycles. The fourth-order valence-electron chi connectivity index (χ4n) is 1.06. The van der Waals surface area contributed by atoms with Gasteiger partial charge in [0.25, 0.3) is 0 Å². The molecule has 0 heterocycles. The summed E-state index contributed by atoms with van der Waals surface area (Å²) in [4.78, 5) is 0.322. The van der Waals surface area contributed by atoms with Crippen LogP contribution in [-0.2, 0) is 9.84 Å². The second kappa shape index (κ2) is 4.24. The van der Waals surface area contributed by atoms with Crippen molar-refractivity contribution < 1.29 is 8.42 Å². The van der Waals surface area contributed by atoms with Crippen LogP contribution in [0.2, 0.25) is 0 Å². The first-order valence-corrected chi connectivity index (χ1v) is 5.81. The Kier molecular flexibility index (Phi) is 3.25. The molecule has 1 aromatic rings. The predicted molar refractivity (Wildman–Crippen MR) is 58.8 cm³/mol. The number of sulfone groups is 1. The maximum absolute atomic E-state index is 11.5. The lowest BCUT2D eigenvalue weighted by molar-refractivity contribution is 0.599. The van der Waals surface area contributed by atoms with Gasteiger partial charge in [-0.15, -0.1) is 6.58 Å². The van der Waals surface area contributed by atoms with Crippen molar-refractivity contribution >= 4 is 15.9 Å². The van der Waals surface area contributed by atoms with Crippen LogP contribution < -0.4 is 0 Å². The molecule has 0 atom stereocenters. The molecule has 0 aliphatic carbocycles. The summed E-state index contributed by atoms with van der Waals surface area (Å²) in [6, 6.07) is 6.61. The normalized spacial score (nSPS) is 10.9. The molecule has 0 radical (unpaired) electrons. The van der Waals surface area contributed by atoms with Crippen LogP contribution in [0, 0.1) is 0 Å². The molecular formula is C11H12O2S. The SMILES string of the molecule is C=CCS(=O)(=O)c1ccc(C=C)cc1. The average molecular weight is 208 g/mol. The van der Waals surface area contributed by atoms with Gasteiger partial charge in [-0.1, -0.05) is 30.9 Å². The minimum absolute atomic E-state index is 0.0273. The van der Waals surface area contributed by atoms with Crippen molar-refractivity contribution in [2.75, 3.05) is 5.75 Å². The van der Waals surface area contributed by atoms with Crippen LogP contribution in [0.3, 0.4) is 0 Å². The Labute approximate surface area is 84.5 Å². The third-order valence-electron chi connectivity index (χ3n) is 1.81. The minimum atomic E-state index is -3.19. The first kappa shape index (κ1) is 10.7. The number of rotatable bonds is 4. The van der Waals surface area contributed by atoms with Crippen molar-refractivity contribution in [2.45, 2.75) is 4.90 Å². The topological polar surface area (TPSA) is 34.1 Å². The fourth-order valence-corrected chi connectivity index (χ4v) is 2.12. The van der Waals surface area contributed by atoms with E-state index in [0.29, 0.717) is 4.90 Å². The highest BCUT2D eigenvalue weighted by atomic mass is 32.2. The van der Waals surface area contributed by atoms with E-state index in [9.17, 15) is 8.42 Å². The molecule has 0 spiro atoms. The summed E-state index contributed by atoms with van der Waals surface area (Å²) < 4.78 is 23.1. The maximum Gasteiger partial charge on any atom is 0.181 e. The van der Waals surface area contributed by atoms with Gasteiger partial charge >= 0.3 is 0 Å². The summed E-state index contributed by atoms with van der Waals surface area (Å²) in [7, 11) is -3.19. The highest BCUT2D eigenvalue weighted by Crippen LogP contribution is 2.12. The Morgan fingerprint density at radius 3 is 2.14 bits per heavy atom. The second-order valence-electron chi connectivity index (χ2n) is 2.84. The van der Waals surface area contributed by atoms with E-state index in [1.54, 1.807) is 30.3 Å². The van der Waals surface area contributed by atoms with Crippen LogP contribution in [0.15, 0.2) is 48.4 Å². The fraction of sp³-hybridized carbons (Fsp3) is 0.0909. The van der Waals surface area contributed by atoms with Crippen LogP contribution in [0.1, 0.15) is 5.56 Å². The van der Waals surface area contributed by atoms with Crippen molar-refractivity contribution in [3.8, 4) is 0 Å². The molecule has 0 unspecified atom stereocenters. The molecule has 74 valence electrons. The predicted octanol–water partition coefficient (Wildman–Crippen LogP) is 2.29. The Hall–Kier alpha value is -1.35. The molecule has 1 rings (SSSR count). The smallest absolute Gasteiger partial charge is 0.181 e. The van der Waals surface area contributed by atoms with Gasteiger partial charge in [0.1, 0.15) is 0 Å². The lowest BCUT2D eigenvalue weighted by atomic mass is 10.2. The second-order valence-corrected chi connectivity index (χ2v) is 4.88. The molecule has 0 fully saturated rings. The zero-order chi connectivity index (χ0) is 10.6. The van der Waals surface area contributed by atoms with E-state index in [1.165, 1.54) is 6.08 Å². The Morgan fingerprint density at radius 2 is 1.71 bits per heavy atom. The molecule has 0 saturated heterocycles. The molecule has 3 heteroatoms. The third kappa shape index (κ3) is 2.33. The summed E-state index contributed by atoms with van der Waals surface area (Å²) in [6.07, 6.45) is 3.06. The zero-order valence-electron chi connectivity index (χ0n) is 7.81. The van der Waals surface area contributed by atoms with Gasteiger partial charge < -0.3 is 0 Å². The van der Waals surface area contributed by atoms with Crippen molar-refractivity contribution in [1.29, 1.82) is 0 Å². The van der Waals surface area contributed by atoms with Crippen molar-refractivity contribution in [3.63, 3.8) is 0 Å². The van der Waals surface area contributed by atoms with E-state index < -0.39 is 9.84 Å². The average Bonchev–Trinajstić information content (AvgIpc) is 2.18. The molecule has 2 nitrogen and oxygen atoms in total. The minimum Gasteiger partial charge on any atom is -0.223 e. The molecule has 0 saturated carbocycles. The molecule has 0 aliphatic rings. The van der Waals surface area contributed by atoms with Gasteiger partial charge in [0.15, 0.2) is 9.84 Å². The summed E-state index contributed by atoms with van der Waals surface area (Å²) in [6.45, 7) is 7.00. The van der Waals surface area contributed by atoms with Crippen LogP contribution in [-0.4, -0.2) is 14.2 Å². The Morgan fingerprint density at radius 1 is 1.14 bits per heavy atom. The van der Waals surface area contributed by atoms with E-state index in [1.807, 2.05) is 0 Å². The molecule has 1 aromatic carbocycles. The molecule has 0 N–H and O–H groups in total. The number of hydrogen-bond donors (Lipinski definition) is 0. The first-order valence-electron chi connectivity index (χ1n) is 4.16. The number of benzene rings is 1. The first-order chi connectivity index (χ1) is 6.60. The molecule has 0 bridgehead atoms. The van der Waals surface area contributed by atoms with E-state index in [-0.39, 0.29) is 5.75 Å². The van der Waals surface area contributed by atoms with Gasteiger partial charge in [-0.25, -0.2) is 8.42 Å². The summed E-state index contributed by atoms with van der Waals surface area (Å²) in [5, 5.41) is 0. The molecule has 14 heavy (non-hydrogen) atoms. The van der Waals surface area contributed by atoms with E-state index in [2.05, 4.69) is 13.2 Å². The number of hydrogen-bond acceptors (Lipinski definition) is 2. The Bertz CT molecular complexity index is 427. The monoisotopic (exact) mass is 208 g/mol.